The van der Waals surface area contributed by atoms with E-state index in [0.29, 0.717) is 18.3 Å². The molecular weight excluding hydrogens is 258 g/mol. The highest BCUT2D eigenvalue weighted by molar-refractivity contribution is 7.92. The van der Waals surface area contributed by atoms with Gasteiger partial charge in [0, 0.05) is 19.0 Å². The molecule has 0 aromatic heterocycles. The smallest absolute Gasteiger partial charge is 0.153 e. The molecule has 1 aliphatic heterocycles. The van der Waals surface area contributed by atoms with Crippen LogP contribution in [-0.2, 0) is 9.84 Å². The first-order valence-corrected chi connectivity index (χ1v) is 8.70. The number of likely N-dealkylation sites (tertiary alicyclic amines) is 1. The van der Waals surface area contributed by atoms with Crippen LogP contribution in [0.25, 0.3) is 0 Å². The summed E-state index contributed by atoms with van der Waals surface area (Å²) in [5.41, 5.74) is 0. The molecule has 1 heterocycles. The van der Waals surface area contributed by atoms with Crippen LogP contribution in [0, 0.1) is 5.92 Å². The SMILES string of the molecule is CC(C)S(=O)(=O)CCN1CCCC(CCCl)C1. The van der Waals surface area contributed by atoms with Gasteiger partial charge in [-0.25, -0.2) is 8.42 Å². The highest BCUT2D eigenvalue weighted by Gasteiger charge is 2.22. The first-order valence-electron chi connectivity index (χ1n) is 6.45. The number of piperidine rings is 1. The third kappa shape index (κ3) is 5.14. The minimum atomic E-state index is -2.90. The molecule has 0 N–H and O–H groups in total. The number of alkyl halides is 1. The molecule has 0 amide bonds. The number of rotatable bonds is 6. The number of hydrogen-bond donors (Lipinski definition) is 0. The molecule has 1 fully saturated rings. The molecule has 17 heavy (non-hydrogen) atoms. The highest BCUT2D eigenvalue weighted by atomic mass is 35.5. The second kappa shape index (κ2) is 6.95. The molecule has 102 valence electrons. The van der Waals surface area contributed by atoms with Gasteiger partial charge in [0.2, 0.25) is 0 Å². The van der Waals surface area contributed by atoms with Gasteiger partial charge in [0.05, 0.1) is 11.0 Å². The van der Waals surface area contributed by atoms with Crippen LogP contribution in [0.3, 0.4) is 0 Å². The fourth-order valence-electron chi connectivity index (χ4n) is 2.24. The Kier molecular flexibility index (Phi) is 6.24. The third-order valence-corrected chi connectivity index (χ3v) is 5.94. The van der Waals surface area contributed by atoms with E-state index in [0.717, 1.165) is 19.5 Å². The molecule has 3 nitrogen and oxygen atoms in total. The molecule has 1 aliphatic rings. The fraction of sp³-hybridized carbons (Fsp3) is 1.00. The molecule has 5 heteroatoms. The second-order valence-electron chi connectivity index (χ2n) is 5.20. The topological polar surface area (TPSA) is 37.4 Å². The van der Waals surface area contributed by atoms with Crippen LogP contribution in [0.15, 0.2) is 0 Å². The van der Waals surface area contributed by atoms with E-state index >= 15 is 0 Å². The van der Waals surface area contributed by atoms with Gasteiger partial charge in [-0.05, 0) is 45.6 Å². The standard InChI is InChI=1S/C12H24ClNO2S/c1-11(2)17(15,16)9-8-14-7-3-4-12(10-14)5-6-13/h11-12H,3-10H2,1-2H3. The van der Waals surface area contributed by atoms with Crippen molar-refractivity contribution in [1.29, 1.82) is 0 Å². The Bertz CT molecular complexity index is 314. The van der Waals surface area contributed by atoms with Crippen molar-refractivity contribution in [2.45, 2.75) is 38.4 Å². The van der Waals surface area contributed by atoms with Gasteiger partial charge in [0.1, 0.15) is 0 Å². The molecule has 0 aliphatic carbocycles. The fourth-order valence-corrected chi connectivity index (χ4v) is 3.53. The summed E-state index contributed by atoms with van der Waals surface area (Å²) in [6.07, 6.45) is 3.46. The van der Waals surface area contributed by atoms with Gasteiger partial charge in [0.25, 0.3) is 0 Å². The molecule has 0 aromatic carbocycles. The number of sulfone groups is 1. The van der Waals surface area contributed by atoms with E-state index < -0.39 is 9.84 Å². The zero-order chi connectivity index (χ0) is 12.9. The van der Waals surface area contributed by atoms with Crippen LogP contribution in [-0.4, -0.2) is 49.8 Å². The zero-order valence-corrected chi connectivity index (χ0v) is 12.4. The average molecular weight is 282 g/mol. The molecule has 0 saturated carbocycles. The Labute approximate surface area is 110 Å². The molecule has 0 aromatic rings. The normalized spacial score (nSPS) is 23.2. The number of halogens is 1. The summed E-state index contributed by atoms with van der Waals surface area (Å²) in [5.74, 6) is 1.66. The van der Waals surface area contributed by atoms with Crippen molar-refractivity contribution in [3.8, 4) is 0 Å². The quantitative estimate of drug-likeness (QED) is 0.700. The van der Waals surface area contributed by atoms with E-state index in [1.165, 1.54) is 12.8 Å². The van der Waals surface area contributed by atoms with Gasteiger partial charge >= 0.3 is 0 Å². The molecule has 1 rings (SSSR count). The Morgan fingerprint density at radius 3 is 2.71 bits per heavy atom. The molecule has 0 radical (unpaired) electrons. The van der Waals surface area contributed by atoms with Crippen LogP contribution in [0.2, 0.25) is 0 Å². The molecule has 1 saturated heterocycles. The third-order valence-electron chi connectivity index (χ3n) is 3.53. The summed E-state index contributed by atoms with van der Waals surface area (Å²) in [5, 5.41) is -0.258. The summed E-state index contributed by atoms with van der Waals surface area (Å²) >= 11 is 5.76. The van der Waals surface area contributed by atoms with Crippen molar-refractivity contribution in [2.75, 3.05) is 31.3 Å². The summed E-state index contributed by atoms with van der Waals surface area (Å²) in [7, 11) is -2.90. The monoisotopic (exact) mass is 281 g/mol. The van der Waals surface area contributed by atoms with E-state index in [1.54, 1.807) is 13.8 Å². The summed E-state index contributed by atoms with van der Waals surface area (Å²) in [6.45, 7) is 6.23. The van der Waals surface area contributed by atoms with E-state index in [1.807, 2.05) is 0 Å². The maximum atomic E-state index is 11.7. The first kappa shape index (κ1) is 15.3. The number of nitrogens with zero attached hydrogens (tertiary/aromatic N) is 1. The summed E-state index contributed by atoms with van der Waals surface area (Å²) < 4.78 is 23.5. The van der Waals surface area contributed by atoms with Gasteiger partial charge in [-0.1, -0.05) is 0 Å². The van der Waals surface area contributed by atoms with Crippen molar-refractivity contribution in [1.82, 2.24) is 4.90 Å². The van der Waals surface area contributed by atoms with Crippen molar-refractivity contribution in [3.63, 3.8) is 0 Å². The molecule has 1 atom stereocenters. The van der Waals surface area contributed by atoms with E-state index in [-0.39, 0.29) is 11.0 Å². The van der Waals surface area contributed by atoms with Crippen molar-refractivity contribution < 1.29 is 8.42 Å². The molecule has 0 bridgehead atoms. The lowest BCUT2D eigenvalue weighted by molar-refractivity contribution is 0.181. The van der Waals surface area contributed by atoms with E-state index in [9.17, 15) is 8.42 Å². The Morgan fingerprint density at radius 1 is 1.41 bits per heavy atom. The van der Waals surface area contributed by atoms with Gasteiger partial charge in [0.15, 0.2) is 9.84 Å². The highest BCUT2D eigenvalue weighted by Crippen LogP contribution is 2.20. The Hall–Kier alpha value is 0.200. The molecular formula is C12H24ClNO2S. The van der Waals surface area contributed by atoms with E-state index in [2.05, 4.69) is 4.90 Å². The molecule has 1 unspecified atom stereocenters. The summed E-state index contributed by atoms with van der Waals surface area (Å²) in [4.78, 5) is 2.28. The minimum absolute atomic E-state index is 0.258. The summed E-state index contributed by atoms with van der Waals surface area (Å²) in [6, 6.07) is 0. The first-order chi connectivity index (χ1) is 7.95. The van der Waals surface area contributed by atoms with Gasteiger partial charge in [-0.3, -0.25) is 0 Å². The van der Waals surface area contributed by atoms with Crippen LogP contribution in [0.4, 0.5) is 0 Å². The van der Waals surface area contributed by atoms with E-state index in [4.69, 9.17) is 11.6 Å². The molecule has 0 spiro atoms. The lowest BCUT2D eigenvalue weighted by atomic mass is 9.96. The Balaban J connectivity index is 2.37. The van der Waals surface area contributed by atoms with Crippen LogP contribution in [0.1, 0.15) is 33.1 Å². The average Bonchev–Trinajstić information content (AvgIpc) is 2.27. The van der Waals surface area contributed by atoms with Crippen LogP contribution >= 0.6 is 11.6 Å². The predicted octanol–water partition coefficient (Wildman–Crippen LogP) is 2.15. The minimum Gasteiger partial charge on any atom is -0.302 e. The van der Waals surface area contributed by atoms with Crippen molar-refractivity contribution in [2.24, 2.45) is 5.92 Å². The van der Waals surface area contributed by atoms with Crippen molar-refractivity contribution >= 4 is 21.4 Å². The van der Waals surface area contributed by atoms with Gasteiger partial charge < -0.3 is 4.90 Å². The van der Waals surface area contributed by atoms with Gasteiger partial charge in [-0.2, -0.15) is 0 Å². The Morgan fingerprint density at radius 2 is 2.12 bits per heavy atom. The lowest BCUT2D eigenvalue weighted by Gasteiger charge is -2.32. The maximum Gasteiger partial charge on any atom is 0.153 e. The van der Waals surface area contributed by atoms with Gasteiger partial charge in [-0.15, -0.1) is 11.6 Å². The second-order valence-corrected chi connectivity index (χ2v) is 8.26. The largest absolute Gasteiger partial charge is 0.302 e. The van der Waals surface area contributed by atoms with Crippen LogP contribution < -0.4 is 0 Å². The number of hydrogen-bond acceptors (Lipinski definition) is 3. The lowest BCUT2D eigenvalue weighted by Crippen LogP contribution is -2.39. The van der Waals surface area contributed by atoms with Crippen molar-refractivity contribution in [3.05, 3.63) is 0 Å². The maximum absolute atomic E-state index is 11.7. The zero-order valence-electron chi connectivity index (χ0n) is 10.9. The van der Waals surface area contributed by atoms with Crippen LogP contribution in [0.5, 0.6) is 0 Å². The predicted molar refractivity (Wildman–Crippen MR) is 73.4 cm³/mol.